The molecule has 46 heavy (non-hydrogen) atoms. The van der Waals surface area contributed by atoms with Gasteiger partial charge in [0.25, 0.3) is 0 Å². The van der Waals surface area contributed by atoms with Gasteiger partial charge in [-0.05, 0) is 159 Å². The van der Waals surface area contributed by atoms with Crippen molar-refractivity contribution in [1.29, 1.82) is 0 Å². The second-order valence-electron chi connectivity index (χ2n) is 12.4. The monoisotopic (exact) mass is 612 g/mol. The Bertz CT molecular complexity index is 1940. The SMILES string of the molecule is CCc1c(/C=C2\N=C3CCC4=N/C(=C\c5[nH]c(-c6ccc(F)cc6)c(C)c5CC)C(C)=C4C3=C2C)[nH]c(-c2ccc(F)cc2)c1C. The fourth-order valence-electron chi connectivity index (χ4n) is 7.36. The lowest BCUT2D eigenvalue weighted by molar-refractivity contribution is 0.627. The molecule has 6 heteroatoms. The lowest BCUT2D eigenvalue weighted by atomic mass is 9.83. The average Bonchev–Trinajstić information content (AvgIpc) is 3.75. The summed E-state index contributed by atoms with van der Waals surface area (Å²) < 4.78 is 27.3. The second kappa shape index (κ2) is 11.5. The number of aromatic nitrogens is 2. The van der Waals surface area contributed by atoms with E-state index in [1.165, 1.54) is 68.8 Å². The van der Waals surface area contributed by atoms with Gasteiger partial charge in [-0.3, -0.25) is 9.98 Å². The summed E-state index contributed by atoms with van der Waals surface area (Å²) in [5.74, 6) is -0.475. The van der Waals surface area contributed by atoms with Crippen LogP contribution < -0.4 is 0 Å². The number of rotatable bonds is 6. The zero-order chi connectivity index (χ0) is 32.3. The molecule has 4 heterocycles. The Morgan fingerprint density at radius 1 is 0.609 bits per heavy atom. The van der Waals surface area contributed by atoms with Crippen LogP contribution in [0.4, 0.5) is 8.78 Å². The van der Waals surface area contributed by atoms with Crippen molar-refractivity contribution in [1.82, 2.24) is 9.97 Å². The third-order valence-electron chi connectivity index (χ3n) is 9.81. The van der Waals surface area contributed by atoms with Crippen molar-refractivity contribution in [2.75, 3.05) is 0 Å². The number of nitrogens with one attached hydrogen (secondary N) is 2. The van der Waals surface area contributed by atoms with Crippen molar-refractivity contribution in [2.24, 2.45) is 9.98 Å². The first kappa shape index (κ1) is 29.8. The number of hydrogen-bond donors (Lipinski definition) is 2. The molecule has 0 spiro atoms. The van der Waals surface area contributed by atoms with E-state index in [-0.39, 0.29) is 11.6 Å². The molecule has 0 unspecified atom stereocenters. The first-order chi connectivity index (χ1) is 22.2. The molecule has 7 rings (SSSR count). The molecular weight excluding hydrogens is 574 g/mol. The van der Waals surface area contributed by atoms with Gasteiger partial charge in [-0.1, -0.05) is 13.8 Å². The summed E-state index contributed by atoms with van der Waals surface area (Å²) in [4.78, 5) is 17.6. The summed E-state index contributed by atoms with van der Waals surface area (Å²) in [5, 5.41) is 0. The van der Waals surface area contributed by atoms with E-state index in [9.17, 15) is 8.78 Å². The van der Waals surface area contributed by atoms with Crippen LogP contribution in [0.2, 0.25) is 0 Å². The maximum atomic E-state index is 13.6. The predicted molar refractivity (Wildman–Crippen MR) is 186 cm³/mol. The molecule has 4 aromatic rings. The normalized spacial score (nSPS) is 17.7. The first-order valence-electron chi connectivity index (χ1n) is 16.1. The molecule has 0 radical (unpaired) electrons. The van der Waals surface area contributed by atoms with Gasteiger partial charge in [0.2, 0.25) is 0 Å². The zero-order valence-electron chi connectivity index (χ0n) is 27.3. The summed E-state index contributed by atoms with van der Waals surface area (Å²) in [6.07, 6.45) is 7.83. The highest BCUT2D eigenvalue weighted by atomic mass is 19.1. The fourth-order valence-corrected chi connectivity index (χ4v) is 7.36. The van der Waals surface area contributed by atoms with Crippen molar-refractivity contribution in [2.45, 2.75) is 67.2 Å². The maximum absolute atomic E-state index is 13.6. The molecule has 0 atom stereocenters. The summed E-state index contributed by atoms with van der Waals surface area (Å²) in [6, 6.07) is 13.3. The molecule has 2 aromatic carbocycles. The smallest absolute Gasteiger partial charge is 0.123 e. The van der Waals surface area contributed by atoms with Gasteiger partial charge < -0.3 is 9.97 Å². The van der Waals surface area contributed by atoms with E-state index < -0.39 is 0 Å². The summed E-state index contributed by atoms with van der Waals surface area (Å²) in [6.45, 7) is 12.9. The molecule has 2 N–H and O–H groups in total. The molecule has 1 aliphatic carbocycles. The molecule has 0 amide bonds. The van der Waals surface area contributed by atoms with Gasteiger partial charge in [0.05, 0.1) is 11.4 Å². The highest BCUT2D eigenvalue weighted by Crippen LogP contribution is 2.44. The molecule has 1 saturated carbocycles. The number of halogens is 2. The van der Waals surface area contributed by atoms with Crippen molar-refractivity contribution in [3.05, 3.63) is 127 Å². The van der Waals surface area contributed by atoms with Crippen LogP contribution >= 0.6 is 0 Å². The number of nitrogens with zero attached hydrogens (tertiary/aromatic N) is 2. The lowest BCUT2D eigenvalue weighted by Gasteiger charge is -2.18. The molecule has 0 bridgehead atoms. The summed E-state index contributed by atoms with van der Waals surface area (Å²) in [5.41, 5.74) is 19.9. The highest BCUT2D eigenvalue weighted by Gasteiger charge is 2.35. The Hall–Kier alpha value is -4.84. The van der Waals surface area contributed by atoms with Crippen LogP contribution in [0.15, 0.2) is 92.2 Å². The van der Waals surface area contributed by atoms with E-state index in [1.54, 1.807) is 0 Å². The average molecular weight is 613 g/mol. The third kappa shape index (κ3) is 4.87. The fraction of sp³-hybridized carbons (Fsp3) is 0.250. The van der Waals surface area contributed by atoms with Gasteiger partial charge in [0.1, 0.15) is 11.6 Å². The Labute approximate surface area is 269 Å². The largest absolute Gasteiger partial charge is 0.355 e. The molecule has 2 aromatic heterocycles. The maximum Gasteiger partial charge on any atom is 0.123 e. The van der Waals surface area contributed by atoms with Crippen LogP contribution in [0.5, 0.6) is 0 Å². The molecule has 232 valence electrons. The standard InChI is InChI=1S/C40H38F2N4/c1-7-29-21(3)39(25-9-13-27(41)14-10-25)45-35(29)19-33-23(5)37-31(43-33)17-18-32-38(37)24(6)34(44-32)20-36-30(8-2)22(4)40(46-36)26-11-15-28(42)16-12-26/h9-16,19-20,45-46H,7-8,17-18H2,1-6H3/b33-19-,34-20-. The molecule has 3 aliphatic rings. The van der Waals surface area contributed by atoms with Gasteiger partial charge >= 0.3 is 0 Å². The molecule has 2 aliphatic heterocycles. The Balaban J connectivity index is 1.27. The van der Waals surface area contributed by atoms with E-state index in [0.717, 1.165) is 82.4 Å². The quantitative estimate of drug-likeness (QED) is 0.218. The summed E-state index contributed by atoms with van der Waals surface area (Å²) in [7, 11) is 0. The minimum absolute atomic E-state index is 0.237. The van der Waals surface area contributed by atoms with Gasteiger partial charge in [-0.2, -0.15) is 0 Å². The molecule has 1 fully saturated rings. The van der Waals surface area contributed by atoms with Crippen LogP contribution in [-0.4, -0.2) is 21.4 Å². The Morgan fingerprint density at radius 2 is 0.978 bits per heavy atom. The van der Waals surface area contributed by atoms with E-state index >= 15 is 0 Å². The third-order valence-corrected chi connectivity index (χ3v) is 9.81. The topological polar surface area (TPSA) is 56.3 Å². The second-order valence-corrected chi connectivity index (χ2v) is 12.4. The minimum atomic E-state index is -0.237. The van der Waals surface area contributed by atoms with Crippen molar-refractivity contribution < 1.29 is 8.78 Å². The predicted octanol–water partition coefficient (Wildman–Crippen LogP) is 10.4. The van der Waals surface area contributed by atoms with Crippen molar-refractivity contribution >= 4 is 23.6 Å². The van der Waals surface area contributed by atoms with E-state index in [2.05, 4.69) is 63.7 Å². The van der Waals surface area contributed by atoms with Gasteiger partial charge in [-0.25, -0.2) is 8.78 Å². The van der Waals surface area contributed by atoms with E-state index in [4.69, 9.17) is 9.98 Å². The minimum Gasteiger partial charge on any atom is -0.355 e. The van der Waals surface area contributed by atoms with Crippen molar-refractivity contribution in [3.63, 3.8) is 0 Å². The lowest BCUT2D eigenvalue weighted by Crippen LogP contribution is -2.18. The number of benzene rings is 2. The van der Waals surface area contributed by atoms with Crippen molar-refractivity contribution in [3.8, 4) is 22.5 Å². The zero-order valence-corrected chi connectivity index (χ0v) is 27.3. The van der Waals surface area contributed by atoms with Crippen LogP contribution in [0, 0.1) is 25.5 Å². The number of allylic oxidation sites excluding steroid dienone is 4. The summed E-state index contributed by atoms with van der Waals surface area (Å²) >= 11 is 0. The number of aromatic amines is 2. The number of aliphatic imine (C=N–C) groups is 2. The van der Waals surface area contributed by atoms with E-state index in [1.807, 2.05) is 24.3 Å². The number of fused-ring (bicyclic) bond motifs is 3. The Kier molecular flexibility index (Phi) is 7.47. The molecular formula is C40H38F2N4. The Morgan fingerprint density at radius 3 is 1.33 bits per heavy atom. The number of H-pyrrole nitrogens is 2. The molecule has 0 saturated heterocycles. The van der Waals surface area contributed by atoms with E-state index in [0.29, 0.717) is 0 Å². The molecule has 4 nitrogen and oxygen atoms in total. The first-order valence-corrected chi connectivity index (χ1v) is 16.1. The highest BCUT2D eigenvalue weighted by molar-refractivity contribution is 6.25. The van der Waals surface area contributed by atoms with Gasteiger partial charge in [0, 0.05) is 45.3 Å². The van der Waals surface area contributed by atoms with Crippen LogP contribution in [-0.2, 0) is 12.8 Å². The van der Waals surface area contributed by atoms with Crippen LogP contribution in [0.1, 0.15) is 74.2 Å². The van der Waals surface area contributed by atoms with Gasteiger partial charge in [0.15, 0.2) is 0 Å². The van der Waals surface area contributed by atoms with Gasteiger partial charge in [-0.15, -0.1) is 0 Å². The van der Waals surface area contributed by atoms with Crippen LogP contribution in [0.3, 0.4) is 0 Å². The van der Waals surface area contributed by atoms with Crippen LogP contribution in [0.25, 0.3) is 34.7 Å². The number of hydrogen-bond acceptors (Lipinski definition) is 2.